The summed E-state index contributed by atoms with van der Waals surface area (Å²) in [6.45, 7) is 14.1. The van der Waals surface area contributed by atoms with Gasteiger partial charge in [-0.15, -0.1) is 0 Å². The van der Waals surface area contributed by atoms with Crippen molar-refractivity contribution in [3.8, 4) is 0 Å². The highest BCUT2D eigenvalue weighted by Gasteiger charge is 2.27. The van der Waals surface area contributed by atoms with Gasteiger partial charge in [-0.1, -0.05) is 32.0 Å². The Balaban J connectivity index is 0.00000288. The van der Waals surface area contributed by atoms with E-state index in [2.05, 4.69) is 27.7 Å². The summed E-state index contributed by atoms with van der Waals surface area (Å²) in [6.07, 6.45) is 0. The van der Waals surface area contributed by atoms with E-state index in [1.807, 2.05) is 31.2 Å². The Morgan fingerprint density at radius 3 is 2.42 bits per heavy atom. The molecule has 0 bridgehead atoms. The lowest BCUT2D eigenvalue weighted by Crippen LogP contribution is -3.12. The standard InChI is InChI=1S/C19H27NO3.ClH/c1-6-20(7-2)12-19(4,5)13-22-18(21)17-14(3)15-10-8-9-11-16(15)23-17;/h8-11H,6-7,12-13H2,1-5H3;1H. The number of esters is 1. The second-order valence-corrected chi connectivity index (χ2v) is 6.93. The minimum absolute atomic E-state index is 0. The molecule has 1 aromatic heterocycles. The summed E-state index contributed by atoms with van der Waals surface area (Å²) in [7, 11) is 0. The summed E-state index contributed by atoms with van der Waals surface area (Å²) in [5.41, 5.74) is 1.51. The molecule has 1 aromatic carbocycles. The van der Waals surface area contributed by atoms with Gasteiger partial charge in [0.15, 0.2) is 0 Å². The van der Waals surface area contributed by atoms with Crippen LogP contribution >= 0.6 is 0 Å². The van der Waals surface area contributed by atoms with Gasteiger partial charge in [0.2, 0.25) is 5.76 Å². The Morgan fingerprint density at radius 1 is 1.21 bits per heavy atom. The molecule has 5 heteroatoms. The van der Waals surface area contributed by atoms with Gasteiger partial charge in [0.25, 0.3) is 0 Å². The number of hydrogen-bond donors (Lipinski definition) is 1. The Kier molecular flexibility index (Phi) is 7.30. The maximum Gasteiger partial charge on any atom is 0.374 e. The number of carbonyl (C=O) groups excluding carboxylic acids is 1. The molecule has 0 unspecified atom stereocenters. The molecule has 1 heterocycles. The first-order chi connectivity index (χ1) is 10.9. The first-order valence-electron chi connectivity index (χ1n) is 8.36. The van der Waals surface area contributed by atoms with Crippen LogP contribution in [0.3, 0.4) is 0 Å². The summed E-state index contributed by atoms with van der Waals surface area (Å²) in [5.74, 6) is -0.0569. The molecule has 0 saturated carbocycles. The molecule has 0 radical (unpaired) electrons. The maximum absolute atomic E-state index is 12.4. The Morgan fingerprint density at radius 2 is 1.83 bits per heavy atom. The zero-order valence-electron chi connectivity index (χ0n) is 15.2. The molecule has 1 N–H and O–H groups in total. The Hall–Kier alpha value is -1.52. The van der Waals surface area contributed by atoms with Gasteiger partial charge in [0, 0.05) is 16.4 Å². The van der Waals surface area contributed by atoms with Crippen molar-refractivity contribution in [3.63, 3.8) is 0 Å². The van der Waals surface area contributed by atoms with Crippen LogP contribution in [0.1, 0.15) is 43.8 Å². The van der Waals surface area contributed by atoms with Crippen molar-refractivity contribution < 1.29 is 31.3 Å². The molecular formula is C19H28ClNO3. The Labute approximate surface area is 150 Å². The molecule has 0 atom stereocenters. The summed E-state index contributed by atoms with van der Waals surface area (Å²) in [6, 6.07) is 7.66. The van der Waals surface area contributed by atoms with E-state index in [4.69, 9.17) is 9.15 Å². The molecule has 0 spiro atoms. The predicted molar refractivity (Wildman–Crippen MR) is 91.9 cm³/mol. The quantitative estimate of drug-likeness (QED) is 0.704. The van der Waals surface area contributed by atoms with E-state index >= 15 is 0 Å². The number of benzene rings is 1. The van der Waals surface area contributed by atoms with Crippen LogP contribution in [0, 0.1) is 12.3 Å². The fraction of sp³-hybridized carbons (Fsp3) is 0.526. The van der Waals surface area contributed by atoms with Gasteiger partial charge >= 0.3 is 5.97 Å². The Bertz CT molecular complexity index is 674. The second kappa shape index (κ2) is 8.54. The highest BCUT2D eigenvalue weighted by molar-refractivity contribution is 5.95. The number of furan rings is 1. The zero-order valence-corrected chi connectivity index (χ0v) is 16.0. The smallest absolute Gasteiger partial charge is 0.374 e. The molecule has 0 saturated heterocycles. The van der Waals surface area contributed by atoms with Crippen LogP contribution in [0.25, 0.3) is 11.0 Å². The van der Waals surface area contributed by atoms with E-state index in [1.165, 1.54) is 4.90 Å². The number of nitrogens with one attached hydrogen (secondary N) is 1. The predicted octanol–water partition coefficient (Wildman–Crippen LogP) is -0.147. The van der Waals surface area contributed by atoms with E-state index in [0.717, 1.165) is 36.2 Å². The summed E-state index contributed by atoms with van der Waals surface area (Å²) in [5, 5.41) is 0.964. The van der Waals surface area contributed by atoms with Crippen LogP contribution < -0.4 is 17.3 Å². The third-order valence-corrected chi connectivity index (χ3v) is 4.35. The summed E-state index contributed by atoms with van der Waals surface area (Å²) in [4.78, 5) is 13.9. The van der Waals surface area contributed by atoms with Gasteiger partial charge in [-0.05, 0) is 26.8 Å². The number of carbonyl (C=O) groups is 1. The molecule has 134 valence electrons. The van der Waals surface area contributed by atoms with Crippen LogP contribution in [0.15, 0.2) is 28.7 Å². The zero-order chi connectivity index (χ0) is 17.0. The lowest BCUT2D eigenvalue weighted by Gasteiger charge is -2.28. The van der Waals surface area contributed by atoms with Gasteiger partial charge in [-0.25, -0.2) is 4.79 Å². The molecular weight excluding hydrogens is 326 g/mol. The number of para-hydroxylation sites is 1. The molecule has 2 aromatic rings. The average Bonchev–Trinajstić information content (AvgIpc) is 2.88. The third-order valence-electron chi connectivity index (χ3n) is 4.35. The van der Waals surface area contributed by atoms with Crippen molar-refractivity contribution in [2.75, 3.05) is 26.2 Å². The molecule has 0 amide bonds. The molecule has 0 aliphatic heterocycles. The maximum atomic E-state index is 12.4. The minimum Gasteiger partial charge on any atom is -1.00 e. The lowest BCUT2D eigenvalue weighted by atomic mass is 9.94. The van der Waals surface area contributed by atoms with Crippen molar-refractivity contribution in [2.45, 2.75) is 34.6 Å². The van der Waals surface area contributed by atoms with Crippen LogP contribution in [-0.4, -0.2) is 32.2 Å². The summed E-state index contributed by atoms with van der Waals surface area (Å²) >= 11 is 0. The molecule has 24 heavy (non-hydrogen) atoms. The number of fused-ring (bicyclic) bond motifs is 1. The first kappa shape index (κ1) is 20.5. The van der Waals surface area contributed by atoms with E-state index in [0.29, 0.717) is 12.4 Å². The van der Waals surface area contributed by atoms with Crippen molar-refractivity contribution in [3.05, 3.63) is 35.6 Å². The van der Waals surface area contributed by atoms with Crippen molar-refractivity contribution in [1.82, 2.24) is 0 Å². The van der Waals surface area contributed by atoms with Gasteiger partial charge in [0.05, 0.1) is 19.6 Å². The number of hydrogen-bond acceptors (Lipinski definition) is 3. The molecule has 0 aliphatic rings. The second-order valence-electron chi connectivity index (χ2n) is 6.93. The molecule has 0 aliphatic carbocycles. The van der Waals surface area contributed by atoms with Crippen LogP contribution in [0.4, 0.5) is 0 Å². The normalized spacial score (nSPS) is 11.6. The van der Waals surface area contributed by atoms with E-state index in [9.17, 15) is 4.79 Å². The van der Waals surface area contributed by atoms with E-state index in [-0.39, 0.29) is 23.8 Å². The number of aryl methyl sites for hydroxylation is 1. The van der Waals surface area contributed by atoms with Gasteiger partial charge in [-0.2, -0.15) is 0 Å². The van der Waals surface area contributed by atoms with Crippen molar-refractivity contribution >= 4 is 16.9 Å². The molecule has 2 rings (SSSR count). The van der Waals surface area contributed by atoms with Gasteiger partial charge < -0.3 is 26.5 Å². The monoisotopic (exact) mass is 353 g/mol. The van der Waals surface area contributed by atoms with Crippen LogP contribution in [0.5, 0.6) is 0 Å². The number of halogens is 1. The highest BCUT2D eigenvalue weighted by Crippen LogP contribution is 2.26. The molecule has 4 nitrogen and oxygen atoms in total. The largest absolute Gasteiger partial charge is 1.00 e. The van der Waals surface area contributed by atoms with Gasteiger partial charge in [-0.3, -0.25) is 0 Å². The molecule has 0 fully saturated rings. The first-order valence-corrected chi connectivity index (χ1v) is 8.36. The van der Waals surface area contributed by atoms with E-state index < -0.39 is 0 Å². The highest BCUT2D eigenvalue weighted by atomic mass is 35.5. The topological polar surface area (TPSA) is 43.9 Å². The third kappa shape index (κ3) is 4.74. The lowest BCUT2D eigenvalue weighted by molar-refractivity contribution is -0.902. The van der Waals surface area contributed by atoms with Crippen LogP contribution in [-0.2, 0) is 4.74 Å². The van der Waals surface area contributed by atoms with Gasteiger partial charge in [0.1, 0.15) is 12.2 Å². The fourth-order valence-electron chi connectivity index (χ4n) is 2.92. The number of rotatable bonds is 7. The van der Waals surface area contributed by atoms with Crippen molar-refractivity contribution in [2.24, 2.45) is 5.41 Å². The fourth-order valence-corrected chi connectivity index (χ4v) is 2.92. The van der Waals surface area contributed by atoms with Crippen molar-refractivity contribution in [1.29, 1.82) is 0 Å². The van der Waals surface area contributed by atoms with E-state index in [1.54, 1.807) is 0 Å². The SMILES string of the molecule is CC[NH+](CC)CC(C)(C)COC(=O)c1oc2ccccc2c1C.[Cl-]. The van der Waals surface area contributed by atoms with Crippen LogP contribution in [0.2, 0.25) is 0 Å². The average molecular weight is 354 g/mol. The minimum atomic E-state index is -0.374. The summed E-state index contributed by atoms with van der Waals surface area (Å²) < 4.78 is 11.2. The number of quaternary nitrogens is 1. The number of ether oxygens (including phenoxy) is 1.